The van der Waals surface area contributed by atoms with Gasteiger partial charge in [0.15, 0.2) is 0 Å². The van der Waals surface area contributed by atoms with Gasteiger partial charge in [-0.1, -0.05) is 31.0 Å². The molecule has 0 radical (unpaired) electrons. The summed E-state index contributed by atoms with van der Waals surface area (Å²) in [6.45, 7) is 4.90. The minimum atomic E-state index is -0.929. The van der Waals surface area contributed by atoms with Gasteiger partial charge in [-0.05, 0) is 31.4 Å². The first-order chi connectivity index (χ1) is 10.7. The molecule has 1 aliphatic carbocycles. The molecule has 1 saturated carbocycles. The van der Waals surface area contributed by atoms with Gasteiger partial charge >= 0.3 is 0 Å². The van der Waals surface area contributed by atoms with Crippen molar-refractivity contribution in [1.29, 1.82) is 0 Å². The van der Waals surface area contributed by atoms with Crippen molar-refractivity contribution in [2.24, 2.45) is 0 Å². The van der Waals surface area contributed by atoms with Gasteiger partial charge in [0.1, 0.15) is 18.0 Å². The average Bonchev–Trinajstić information content (AvgIpc) is 2.97. The minimum Gasteiger partial charge on any atom is -0.490 e. The van der Waals surface area contributed by atoms with Crippen LogP contribution in [0.2, 0.25) is 0 Å². The molecule has 1 N–H and O–H groups in total. The molecule has 3 rings (SSSR count). The monoisotopic (exact) mass is 305 g/mol. The third kappa shape index (κ3) is 3.80. The lowest BCUT2D eigenvalue weighted by Gasteiger charge is -2.34. The van der Waals surface area contributed by atoms with Crippen LogP contribution >= 0.6 is 0 Å². The van der Waals surface area contributed by atoms with Crippen LogP contribution in [0.3, 0.4) is 0 Å². The molecule has 1 saturated heterocycles. The van der Waals surface area contributed by atoms with Crippen LogP contribution < -0.4 is 4.74 Å². The summed E-state index contributed by atoms with van der Waals surface area (Å²) >= 11 is 0. The van der Waals surface area contributed by atoms with Gasteiger partial charge in [0, 0.05) is 19.1 Å². The van der Waals surface area contributed by atoms with E-state index in [1.54, 1.807) is 0 Å². The zero-order valence-electron chi connectivity index (χ0n) is 13.5. The van der Waals surface area contributed by atoms with E-state index in [1.165, 1.54) is 25.7 Å². The van der Waals surface area contributed by atoms with Gasteiger partial charge in [-0.15, -0.1) is 0 Å². The number of para-hydroxylation sites is 1. The molecule has 1 atom stereocenters. The summed E-state index contributed by atoms with van der Waals surface area (Å²) in [5.74, 6) is 0.840. The molecule has 4 nitrogen and oxygen atoms in total. The maximum absolute atomic E-state index is 10.9. The van der Waals surface area contributed by atoms with Crippen molar-refractivity contribution in [2.75, 3.05) is 32.9 Å². The van der Waals surface area contributed by atoms with E-state index >= 15 is 0 Å². The summed E-state index contributed by atoms with van der Waals surface area (Å²) in [4.78, 5) is 2.40. The molecule has 22 heavy (non-hydrogen) atoms. The highest BCUT2D eigenvalue weighted by Crippen LogP contribution is 2.27. The van der Waals surface area contributed by atoms with Gasteiger partial charge in [-0.2, -0.15) is 0 Å². The second-order valence-corrected chi connectivity index (χ2v) is 6.74. The molecule has 0 bridgehead atoms. The minimum absolute atomic E-state index is 0.279. The van der Waals surface area contributed by atoms with E-state index in [4.69, 9.17) is 9.47 Å². The third-order valence-corrected chi connectivity index (χ3v) is 4.82. The summed E-state index contributed by atoms with van der Waals surface area (Å²) in [5, 5.41) is 10.9. The van der Waals surface area contributed by atoms with E-state index in [0.29, 0.717) is 25.8 Å². The summed E-state index contributed by atoms with van der Waals surface area (Å²) in [6, 6.07) is 8.53. The Kier molecular flexibility index (Phi) is 5.01. The fourth-order valence-electron chi connectivity index (χ4n) is 3.55. The summed E-state index contributed by atoms with van der Waals surface area (Å²) in [5.41, 5.74) is 0.162. The number of hydrogen-bond acceptors (Lipinski definition) is 4. The van der Waals surface area contributed by atoms with Crippen LogP contribution in [0.1, 0.15) is 31.2 Å². The predicted molar refractivity (Wildman–Crippen MR) is 86.3 cm³/mol. The highest BCUT2D eigenvalue weighted by atomic mass is 16.5. The van der Waals surface area contributed by atoms with Crippen LogP contribution in [0.25, 0.3) is 0 Å². The Hall–Kier alpha value is -1.10. The number of aryl methyl sites for hydroxylation is 1. The molecule has 1 aliphatic heterocycles. The third-order valence-electron chi connectivity index (χ3n) is 4.82. The van der Waals surface area contributed by atoms with E-state index in [-0.39, 0.29) is 6.61 Å². The van der Waals surface area contributed by atoms with Gasteiger partial charge in [0.2, 0.25) is 0 Å². The van der Waals surface area contributed by atoms with Crippen molar-refractivity contribution in [3.05, 3.63) is 29.8 Å². The van der Waals surface area contributed by atoms with Gasteiger partial charge < -0.3 is 14.6 Å². The number of ether oxygens (including phenoxy) is 2. The maximum Gasteiger partial charge on any atom is 0.134 e. The van der Waals surface area contributed by atoms with Crippen LogP contribution in [0, 0.1) is 6.92 Å². The van der Waals surface area contributed by atoms with Crippen LogP contribution in [0.4, 0.5) is 0 Å². The first-order valence-electron chi connectivity index (χ1n) is 8.39. The Morgan fingerprint density at radius 2 is 2.09 bits per heavy atom. The second-order valence-electron chi connectivity index (χ2n) is 6.74. The zero-order chi connectivity index (χ0) is 15.4. The Morgan fingerprint density at radius 1 is 1.32 bits per heavy atom. The molecule has 2 aliphatic rings. The van der Waals surface area contributed by atoms with E-state index < -0.39 is 5.60 Å². The molecule has 1 heterocycles. The number of rotatable bonds is 4. The van der Waals surface area contributed by atoms with Crippen molar-refractivity contribution in [3.63, 3.8) is 0 Å². The lowest BCUT2D eigenvalue weighted by atomic mass is 10.0. The first-order valence-corrected chi connectivity index (χ1v) is 8.39. The first kappa shape index (κ1) is 15.8. The highest BCUT2D eigenvalue weighted by Gasteiger charge is 2.36. The Bertz CT molecular complexity index is 487. The SMILES string of the molecule is Cc1ccccc1OC[C@@]1(O)COCCN(C2CCCC2)C1. The fraction of sp³-hybridized carbons (Fsp3) is 0.667. The average molecular weight is 305 g/mol. The van der Waals surface area contributed by atoms with Crippen molar-refractivity contribution < 1.29 is 14.6 Å². The Morgan fingerprint density at radius 3 is 2.86 bits per heavy atom. The van der Waals surface area contributed by atoms with Gasteiger partial charge in [0.05, 0.1) is 13.2 Å². The zero-order valence-corrected chi connectivity index (χ0v) is 13.5. The smallest absolute Gasteiger partial charge is 0.134 e. The standard InChI is InChI=1S/C18H27NO3/c1-15-6-2-5-9-17(15)22-14-18(20)12-19(10-11-21-13-18)16-7-3-4-8-16/h2,5-6,9,16,20H,3-4,7-8,10-14H2,1H3/t18-/m0/s1. The summed E-state index contributed by atoms with van der Waals surface area (Å²) < 4.78 is 11.5. The normalized spacial score (nSPS) is 27.7. The molecule has 4 heteroatoms. The number of nitrogens with zero attached hydrogens (tertiary/aromatic N) is 1. The van der Waals surface area contributed by atoms with Crippen molar-refractivity contribution in [2.45, 2.75) is 44.2 Å². The van der Waals surface area contributed by atoms with Gasteiger partial charge in [-0.25, -0.2) is 0 Å². The molecule has 2 fully saturated rings. The number of hydrogen-bond donors (Lipinski definition) is 1. The maximum atomic E-state index is 10.9. The van der Waals surface area contributed by atoms with E-state index in [9.17, 15) is 5.11 Å². The van der Waals surface area contributed by atoms with Crippen molar-refractivity contribution in [3.8, 4) is 5.75 Å². The topological polar surface area (TPSA) is 41.9 Å². The molecular weight excluding hydrogens is 278 g/mol. The Labute approximate surface area is 133 Å². The summed E-state index contributed by atoms with van der Waals surface area (Å²) in [7, 11) is 0. The number of benzene rings is 1. The predicted octanol–water partition coefficient (Wildman–Crippen LogP) is 2.38. The molecule has 0 aromatic heterocycles. The molecular formula is C18H27NO3. The number of β-amino-alcohol motifs (C(OH)–C–C–N with tert-alkyl or cyclic N) is 1. The fourth-order valence-corrected chi connectivity index (χ4v) is 3.55. The molecule has 1 aromatic carbocycles. The lowest BCUT2D eigenvalue weighted by molar-refractivity contribution is -0.0670. The molecule has 0 unspecified atom stereocenters. The number of aliphatic hydroxyl groups is 1. The summed E-state index contributed by atoms with van der Waals surface area (Å²) in [6.07, 6.45) is 5.10. The van der Waals surface area contributed by atoms with E-state index in [1.807, 2.05) is 31.2 Å². The molecule has 0 spiro atoms. The van der Waals surface area contributed by atoms with Gasteiger partial charge in [-0.3, -0.25) is 4.90 Å². The second kappa shape index (κ2) is 6.99. The lowest BCUT2D eigenvalue weighted by Crippen LogP contribution is -2.51. The van der Waals surface area contributed by atoms with E-state index in [2.05, 4.69) is 4.90 Å². The quantitative estimate of drug-likeness (QED) is 0.927. The Balaban J connectivity index is 1.63. The van der Waals surface area contributed by atoms with Crippen LogP contribution in [-0.4, -0.2) is 54.6 Å². The molecule has 0 amide bonds. The van der Waals surface area contributed by atoms with Crippen LogP contribution in [0.5, 0.6) is 5.75 Å². The van der Waals surface area contributed by atoms with Crippen LogP contribution in [-0.2, 0) is 4.74 Å². The molecule has 1 aromatic rings. The van der Waals surface area contributed by atoms with Crippen molar-refractivity contribution >= 4 is 0 Å². The van der Waals surface area contributed by atoms with E-state index in [0.717, 1.165) is 17.9 Å². The van der Waals surface area contributed by atoms with Crippen molar-refractivity contribution in [1.82, 2.24) is 4.90 Å². The largest absolute Gasteiger partial charge is 0.490 e. The highest BCUT2D eigenvalue weighted by molar-refractivity contribution is 5.31. The van der Waals surface area contributed by atoms with Crippen LogP contribution in [0.15, 0.2) is 24.3 Å². The molecule has 122 valence electrons. The van der Waals surface area contributed by atoms with Gasteiger partial charge in [0.25, 0.3) is 0 Å².